The summed E-state index contributed by atoms with van der Waals surface area (Å²) in [4.78, 5) is 4.47. The van der Waals surface area contributed by atoms with Crippen LogP contribution in [-0.2, 0) is 12.8 Å². The molecular weight excluding hydrogens is 220 g/mol. The van der Waals surface area contributed by atoms with E-state index in [-0.39, 0.29) is 0 Å². The second kappa shape index (κ2) is 4.45. The molecule has 0 radical (unpaired) electrons. The third-order valence-electron chi connectivity index (χ3n) is 3.68. The average molecular weight is 238 g/mol. The Morgan fingerprint density at radius 2 is 1.83 bits per heavy atom. The number of hydrogen-bond donors (Lipinski definition) is 1. The topological polar surface area (TPSA) is 38.9 Å². The van der Waals surface area contributed by atoms with E-state index in [2.05, 4.69) is 23.2 Å². The number of aryl methyl sites for hydroxylation is 3. The number of rotatable bonds is 1. The molecule has 2 heteroatoms. The number of benzene rings is 1. The van der Waals surface area contributed by atoms with E-state index in [0.717, 1.165) is 22.5 Å². The maximum atomic E-state index is 6.07. The molecule has 1 aromatic heterocycles. The molecule has 0 fully saturated rings. The van der Waals surface area contributed by atoms with Gasteiger partial charge in [0.2, 0.25) is 0 Å². The van der Waals surface area contributed by atoms with Gasteiger partial charge in [0, 0.05) is 11.8 Å². The zero-order valence-electron chi connectivity index (χ0n) is 10.7. The van der Waals surface area contributed by atoms with Crippen molar-refractivity contribution in [3.05, 3.63) is 47.2 Å². The monoisotopic (exact) mass is 238 g/mol. The van der Waals surface area contributed by atoms with Crippen LogP contribution in [-0.4, -0.2) is 4.98 Å². The van der Waals surface area contributed by atoms with Gasteiger partial charge in [0.25, 0.3) is 0 Å². The molecule has 1 heterocycles. The van der Waals surface area contributed by atoms with Crippen molar-refractivity contribution >= 4 is 5.69 Å². The molecule has 1 aliphatic carbocycles. The molecule has 0 atom stereocenters. The zero-order valence-corrected chi connectivity index (χ0v) is 10.7. The Balaban J connectivity index is 2.06. The molecule has 2 N–H and O–H groups in total. The van der Waals surface area contributed by atoms with Crippen molar-refractivity contribution in [3.8, 4) is 11.3 Å². The second-order valence-corrected chi connectivity index (χ2v) is 5.14. The van der Waals surface area contributed by atoms with Crippen LogP contribution in [0, 0.1) is 6.92 Å². The molecule has 18 heavy (non-hydrogen) atoms. The van der Waals surface area contributed by atoms with Crippen LogP contribution in [0.2, 0.25) is 0 Å². The smallest absolute Gasteiger partial charge is 0.0931 e. The van der Waals surface area contributed by atoms with Gasteiger partial charge in [-0.3, -0.25) is 4.98 Å². The van der Waals surface area contributed by atoms with Crippen LogP contribution in [0.4, 0.5) is 5.69 Å². The molecule has 1 aromatic carbocycles. The van der Waals surface area contributed by atoms with Crippen molar-refractivity contribution < 1.29 is 0 Å². The van der Waals surface area contributed by atoms with Crippen molar-refractivity contribution in [2.45, 2.75) is 32.6 Å². The fraction of sp³-hybridized carbons (Fsp3) is 0.312. The SMILES string of the molecule is Cc1cnc(-c2ccc3c(c2)CCCC3)c(N)c1. The predicted octanol–water partition coefficient (Wildman–Crippen LogP) is 3.52. The summed E-state index contributed by atoms with van der Waals surface area (Å²) >= 11 is 0. The van der Waals surface area contributed by atoms with Crippen LogP contribution in [0.5, 0.6) is 0 Å². The number of pyridine rings is 1. The van der Waals surface area contributed by atoms with Crippen molar-refractivity contribution in [2.75, 3.05) is 5.73 Å². The van der Waals surface area contributed by atoms with Crippen LogP contribution >= 0.6 is 0 Å². The molecule has 2 aromatic rings. The highest BCUT2D eigenvalue weighted by molar-refractivity contribution is 5.73. The van der Waals surface area contributed by atoms with Gasteiger partial charge in [-0.1, -0.05) is 12.1 Å². The molecule has 1 aliphatic rings. The molecule has 0 spiro atoms. The average Bonchev–Trinajstić information content (AvgIpc) is 2.38. The number of fused-ring (bicyclic) bond motifs is 1. The van der Waals surface area contributed by atoms with Crippen LogP contribution in [0.3, 0.4) is 0 Å². The lowest BCUT2D eigenvalue weighted by atomic mass is 9.89. The molecule has 0 aliphatic heterocycles. The number of anilines is 1. The minimum absolute atomic E-state index is 0.769. The zero-order chi connectivity index (χ0) is 12.5. The first kappa shape index (κ1) is 11.3. The fourth-order valence-corrected chi connectivity index (χ4v) is 2.71. The molecule has 0 saturated heterocycles. The summed E-state index contributed by atoms with van der Waals surface area (Å²) in [6, 6.07) is 8.65. The van der Waals surface area contributed by atoms with Gasteiger partial charge in [-0.2, -0.15) is 0 Å². The summed E-state index contributed by atoms with van der Waals surface area (Å²) in [6.07, 6.45) is 6.90. The Labute approximate surface area is 108 Å². The third kappa shape index (κ3) is 1.99. The number of nitrogens with zero attached hydrogens (tertiary/aromatic N) is 1. The first-order valence-corrected chi connectivity index (χ1v) is 6.58. The van der Waals surface area contributed by atoms with Gasteiger partial charge in [-0.25, -0.2) is 0 Å². The lowest BCUT2D eigenvalue weighted by Gasteiger charge is -2.17. The first-order valence-electron chi connectivity index (χ1n) is 6.58. The van der Waals surface area contributed by atoms with E-state index >= 15 is 0 Å². The maximum Gasteiger partial charge on any atom is 0.0931 e. The fourth-order valence-electron chi connectivity index (χ4n) is 2.71. The molecule has 0 bridgehead atoms. The lowest BCUT2D eigenvalue weighted by molar-refractivity contribution is 0.686. The molecule has 0 saturated carbocycles. The standard InChI is InChI=1S/C16H18N2/c1-11-8-15(17)16(18-10-11)14-7-6-12-4-2-3-5-13(12)9-14/h6-10H,2-5,17H2,1H3. The van der Waals surface area contributed by atoms with Crippen LogP contribution in [0.25, 0.3) is 11.3 Å². The molecular formula is C16H18N2. The van der Waals surface area contributed by atoms with Crippen LogP contribution in [0.1, 0.15) is 29.5 Å². The van der Waals surface area contributed by atoms with Crippen LogP contribution < -0.4 is 5.73 Å². The van der Waals surface area contributed by atoms with Gasteiger partial charge in [-0.05, 0) is 61.4 Å². The van der Waals surface area contributed by atoms with E-state index < -0.39 is 0 Å². The van der Waals surface area contributed by atoms with Gasteiger partial charge < -0.3 is 5.73 Å². The summed E-state index contributed by atoms with van der Waals surface area (Å²) in [5.74, 6) is 0. The van der Waals surface area contributed by atoms with E-state index in [1.54, 1.807) is 0 Å². The summed E-state index contributed by atoms with van der Waals surface area (Å²) < 4.78 is 0. The summed E-state index contributed by atoms with van der Waals surface area (Å²) in [6.45, 7) is 2.01. The van der Waals surface area contributed by atoms with Gasteiger partial charge in [-0.15, -0.1) is 0 Å². The normalized spacial score (nSPS) is 14.3. The Bertz CT molecular complexity index is 588. The largest absolute Gasteiger partial charge is 0.397 e. The van der Waals surface area contributed by atoms with Crippen molar-refractivity contribution in [2.24, 2.45) is 0 Å². The second-order valence-electron chi connectivity index (χ2n) is 5.14. The Hall–Kier alpha value is -1.83. The molecule has 92 valence electrons. The van der Waals surface area contributed by atoms with Gasteiger partial charge in [0.1, 0.15) is 0 Å². The highest BCUT2D eigenvalue weighted by Crippen LogP contribution is 2.29. The molecule has 0 unspecified atom stereocenters. The van der Waals surface area contributed by atoms with Crippen molar-refractivity contribution in [3.63, 3.8) is 0 Å². The summed E-state index contributed by atoms with van der Waals surface area (Å²) in [5, 5.41) is 0. The number of nitrogen functional groups attached to an aromatic ring is 1. The Morgan fingerprint density at radius 1 is 1.06 bits per heavy atom. The maximum absolute atomic E-state index is 6.07. The number of hydrogen-bond acceptors (Lipinski definition) is 2. The van der Waals surface area contributed by atoms with E-state index in [1.165, 1.54) is 36.8 Å². The lowest BCUT2D eigenvalue weighted by Crippen LogP contribution is -2.03. The highest BCUT2D eigenvalue weighted by Gasteiger charge is 2.11. The quantitative estimate of drug-likeness (QED) is 0.825. The van der Waals surface area contributed by atoms with E-state index in [9.17, 15) is 0 Å². The van der Waals surface area contributed by atoms with E-state index in [0.29, 0.717) is 0 Å². The molecule has 2 nitrogen and oxygen atoms in total. The Kier molecular flexibility index (Phi) is 2.78. The first-order chi connectivity index (χ1) is 8.74. The minimum atomic E-state index is 0.769. The minimum Gasteiger partial charge on any atom is -0.397 e. The van der Waals surface area contributed by atoms with Gasteiger partial charge >= 0.3 is 0 Å². The Morgan fingerprint density at radius 3 is 2.61 bits per heavy atom. The number of nitrogens with two attached hydrogens (primary N) is 1. The summed E-state index contributed by atoms with van der Waals surface area (Å²) in [7, 11) is 0. The van der Waals surface area contributed by atoms with E-state index in [1.807, 2.05) is 19.2 Å². The van der Waals surface area contributed by atoms with Gasteiger partial charge in [0.05, 0.1) is 11.4 Å². The predicted molar refractivity (Wildman–Crippen MR) is 75.5 cm³/mol. The van der Waals surface area contributed by atoms with Crippen molar-refractivity contribution in [1.29, 1.82) is 0 Å². The molecule has 3 rings (SSSR count). The van der Waals surface area contributed by atoms with Crippen LogP contribution in [0.15, 0.2) is 30.5 Å². The number of aromatic nitrogens is 1. The van der Waals surface area contributed by atoms with Crippen molar-refractivity contribution in [1.82, 2.24) is 4.98 Å². The summed E-state index contributed by atoms with van der Waals surface area (Å²) in [5.41, 5.74) is 13.0. The molecule has 0 amide bonds. The third-order valence-corrected chi connectivity index (χ3v) is 3.68. The highest BCUT2D eigenvalue weighted by atomic mass is 14.7. The van der Waals surface area contributed by atoms with Gasteiger partial charge in [0.15, 0.2) is 0 Å². The van der Waals surface area contributed by atoms with E-state index in [4.69, 9.17) is 5.73 Å².